The van der Waals surface area contributed by atoms with E-state index in [-0.39, 0.29) is 6.10 Å². The number of hydrogen-bond acceptors (Lipinski definition) is 2. The molecular weight excluding hydrogens is 108 g/mol. The number of thioether (sulfide) groups is 1. The zero-order chi connectivity index (χ0) is 5.70. The van der Waals surface area contributed by atoms with Crippen LogP contribution in [0.2, 0.25) is 0 Å². The van der Waals surface area contributed by atoms with E-state index in [9.17, 15) is 0 Å². The van der Waals surface area contributed by atoms with Gasteiger partial charge in [0.05, 0.1) is 6.10 Å². The zero-order valence-corrected chi connectivity index (χ0v) is 5.66. The van der Waals surface area contributed by atoms with Gasteiger partial charge in [-0.05, 0) is 12.7 Å². The molecule has 7 heavy (non-hydrogen) atoms. The molecule has 0 fully saturated rings. The number of rotatable bonds is 3. The first kappa shape index (κ1) is 7.31. The molecule has 0 aliphatic carbocycles. The van der Waals surface area contributed by atoms with Crippen molar-refractivity contribution in [2.24, 2.45) is 0 Å². The molecule has 0 unspecified atom stereocenters. The van der Waals surface area contributed by atoms with Crippen molar-refractivity contribution in [3.8, 4) is 0 Å². The molecule has 0 aliphatic rings. The Morgan fingerprint density at radius 1 is 1.71 bits per heavy atom. The molecule has 1 N–H and O–H groups in total. The van der Waals surface area contributed by atoms with Gasteiger partial charge in [0.25, 0.3) is 0 Å². The Hall–Kier alpha value is 0.310. The van der Waals surface area contributed by atoms with Crippen LogP contribution in [0.15, 0.2) is 0 Å². The fourth-order valence-electron chi connectivity index (χ4n) is 0.288. The van der Waals surface area contributed by atoms with Crippen LogP contribution in [-0.4, -0.2) is 22.7 Å². The van der Waals surface area contributed by atoms with Crippen LogP contribution < -0.4 is 0 Å². The third kappa shape index (κ3) is 6.31. The number of aliphatic hydroxyl groups excluding tert-OH is 1. The van der Waals surface area contributed by atoms with Gasteiger partial charge in [-0.15, -0.1) is 0 Å². The Morgan fingerprint density at radius 3 is 2.43 bits per heavy atom. The van der Waals surface area contributed by atoms with E-state index in [0.717, 1.165) is 11.5 Å². The van der Waals surface area contributed by atoms with Gasteiger partial charge in [0.2, 0.25) is 0 Å². The van der Waals surface area contributed by atoms with Gasteiger partial charge in [-0.25, -0.2) is 0 Å². The van der Waals surface area contributed by atoms with Crippen molar-refractivity contribution < 1.29 is 5.11 Å². The van der Waals surface area contributed by atoms with Gasteiger partial charge >= 0.3 is 0 Å². The lowest BCUT2D eigenvalue weighted by atomic mass is 10.5. The quantitative estimate of drug-likeness (QED) is 0.602. The highest BCUT2D eigenvalue weighted by atomic mass is 32.2. The van der Waals surface area contributed by atoms with Crippen LogP contribution in [0.1, 0.15) is 13.8 Å². The van der Waals surface area contributed by atoms with Crippen molar-refractivity contribution in [2.45, 2.75) is 20.0 Å². The maximum absolute atomic E-state index is 8.66. The Kier molecular flexibility index (Phi) is 4.67. The van der Waals surface area contributed by atoms with E-state index in [1.54, 1.807) is 11.8 Å². The van der Waals surface area contributed by atoms with Gasteiger partial charge in [0.15, 0.2) is 0 Å². The summed E-state index contributed by atoms with van der Waals surface area (Å²) in [5.41, 5.74) is 0. The first-order valence-electron chi connectivity index (χ1n) is 2.53. The molecule has 44 valence electrons. The monoisotopic (exact) mass is 120 g/mol. The summed E-state index contributed by atoms with van der Waals surface area (Å²) in [6.45, 7) is 3.90. The molecule has 0 amide bonds. The highest BCUT2D eigenvalue weighted by Crippen LogP contribution is 1.99. The summed E-state index contributed by atoms with van der Waals surface area (Å²) >= 11 is 1.77. The molecular formula is C5H12OS. The summed E-state index contributed by atoms with van der Waals surface area (Å²) in [4.78, 5) is 0. The smallest absolute Gasteiger partial charge is 0.0602 e. The largest absolute Gasteiger partial charge is 0.393 e. The summed E-state index contributed by atoms with van der Waals surface area (Å²) in [5, 5.41) is 8.66. The Labute approximate surface area is 49.1 Å². The van der Waals surface area contributed by atoms with Crippen LogP contribution in [-0.2, 0) is 0 Å². The van der Waals surface area contributed by atoms with Gasteiger partial charge in [0, 0.05) is 5.75 Å². The van der Waals surface area contributed by atoms with E-state index >= 15 is 0 Å². The molecule has 2 heteroatoms. The van der Waals surface area contributed by atoms with Gasteiger partial charge < -0.3 is 5.11 Å². The standard InChI is InChI=1S/C5H12OS/c1-3-7-4-5(2)6/h5-6H,3-4H2,1-2H3/t5-/m1/s1. The average Bonchev–Trinajstić information content (AvgIpc) is 1.61. The Bertz CT molecular complexity index is 37.1. The maximum Gasteiger partial charge on any atom is 0.0602 e. The minimum atomic E-state index is -0.134. The summed E-state index contributed by atoms with van der Waals surface area (Å²) in [6.07, 6.45) is -0.134. The third-order valence-corrected chi connectivity index (χ3v) is 1.69. The van der Waals surface area contributed by atoms with E-state index < -0.39 is 0 Å². The van der Waals surface area contributed by atoms with Gasteiger partial charge in [-0.2, -0.15) is 11.8 Å². The predicted octanol–water partition coefficient (Wildman–Crippen LogP) is 1.12. The topological polar surface area (TPSA) is 20.2 Å². The molecule has 0 rings (SSSR count). The predicted molar refractivity (Wildman–Crippen MR) is 34.7 cm³/mol. The second kappa shape index (κ2) is 4.47. The summed E-state index contributed by atoms with van der Waals surface area (Å²) < 4.78 is 0. The molecule has 1 nitrogen and oxygen atoms in total. The molecule has 0 spiro atoms. The molecule has 0 aromatic heterocycles. The van der Waals surface area contributed by atoms with Crippen LogP contribution in [0.5, 0.6) is 0 Å². The van der Waals surface area contributed by atoms with E-state index in [4.69, 9.17) is 5.11 Å². The SMILES string of the molecule is CCSC[C@@H](C)O. The van der Waals surface area contributed by atoms with Gasteiger partial charge in [-0.3, -0.25) is 0 Å². The van der Waals surface area contributed by atoms with E-state index in [1.807, 2.05) is 6.92 Å². The van der Waals surface area contributed by atoms with Crippen molar-refractivity contribution in [3.05, 3.63) is 0 Å². The van der Waals surface area contributed by atoms with Crippen molar-refractivity contribution in [1.29, 1.82) is 0 Å². The summed E-state index contributed by atoms with van der Waals surface area (Å²) in [7, 11) is 0. The van der Waals surface area contributed by atoms with Crippen molar-refractivity contribution >= 4 is 11.8 Å². The van der Waals surface area contributed by atoms with Crippen LogP contribution in [0.25, 0.3) is 0 Å². The highest BCUT2D eigenvalue weighted by molar-refractivity contribution is 7.99. The molecule has 1 atom stereocenters. The molecule has 0 saturated heterocycles. The molecule has 0 saturated carbocycles. The third-order valence-electron chi connectivity index (χ3n) is 0.563. The average molecular weight is 120 g/mol. The fraction of sp³-hybridized carbons (Fsp3) is 1.00. The molecule has 0 aromatic carbocycles. The lowest BCUT2D eigenvalue weighted by Crippen LogP contribution is -2.02. The lowest BCUT2D eigenvalue weighted by molar-refractivity contribution is 0.220. The van der Waals surface area contributed by atoms with Gasteiger partial charge in [0.1, 0.15) is 0 Å². The van der Waals surface area contributed by atoms with E-state index in [2.05, 4.69) is 6.92 Å². The minimum Gasteiger partial charge on any atom is -0.393 e. The van der Waals surface area contributed by atoms with E-state index in [0.29, 0.717) is 0 Å². The normalized spacial score (nSPS) is 14.1. The van der Waals surface area contributed by atoms with Crippen LogP contribution >= 0.6 is 11.8 Å². The maximum atomic E-state index is 8.66. The summed E-state index contributed by atoms with van der Waals surface area (Å²) in [6, 6.07) is 0. The summed E-state index contributed by atoms with van der Waals surface area (Å²) in [5.74, 6) is 1.97. The molecule has 0 bridgehead atoms. The molecule has 0 aliphatic heterocycles. The Morgan fingerprint density at radius 2 is 2.29 bits per heavy atom. The second-order valence-corrected chi connectivity index (χ2v) is 2.83. The minimum absolute atomic E-state index is 0.134. The highest BCUT2D eigenvalue weighted by Gasteiger charge is 1.90. The van der Waals surface area contributed by atoms with Gasteiger partial charge in [-0.1, -0.05) is 6.92 Å². The molecule has 0 radical (unpaired) electrons. The second-order valence-electron chi connectivity index (χ2n) is 1.51. The van der Waals surface area contributed by atoms with Crippen LogP contribution in [0.3, 0.4) is 0 Å². The first-order chi connectivity index (χ1) is 3.27. The van der Waals surface area contributed by atoms with Crippen LogP contribution in [0.4, 0.5) is 0 Å². The van der Waals surface area contributed by atoms with Crippen LogP contribution in [0, 0.1) is 0 Å². The molecule has 0 heterocycles. The fourth-order valence-corrected chi connectivity index (χ4v) is 0.865. The lowest BCUT2D eigenvalue weighted by Gasteiger charge is -1.98. The van der Waals surface area contributed by atoms with Crippen molar-refractivity contribution in [2.75, 3.05) is 11.5 Å². The van der Waals surface area contributed by atoms with E-state index in [1.165, 1.54) is 0 Å². The number of aliphatic hydroxyl groups is 1. The first-order valence-corrected chi connectivity index (χ1v) is 3.68. The number of hydrogen-bond donors (Lipinski definition) is 1. The zero-order valence-electron chi connectivity index (χ0n) is 4.85. The van der Waals surface area contributed by atoms with Crippen molar-refractivity contribution in [1.82, 2.24) is 0 Å². The Balaban J connectivity index is 2.68. The molecule has 0 aromatic rings. The van der Waals surface area contributed by atoms with Crippen molar-refractivity contribution in [3.63, 3.8) is 0 Å².